The number of rotatable bonds is 11. The fourth-order valence-electron chi connectivity index (χ4n) is 3.94. The molecule has 3 atom stereocenters. The van der Waals surface area contributed by atoms with Crippen LogP contribution in [0.1, 0.15) is 49.2 Å². The molecule has 0 bridgehead atoms. The number of para-hydroxylation sites is 2. The normalized spacial score (nSPS) is 14.1. The topological polar surface area (TPSA) is 145 Å². The highest BCUT2D eigenvalue weighted by Crippen LogP contribution is 2.23. The maximum atomic E-state index is 13.8. The average molecular weight is 517 g/mol. The van der Waals surface area contributed by atoms with Gasteiger partial charge in [0, 0.05) is 5.92 Å². The van der Waals surface area contributed by atoms with Gasteiger partial charge in [-0.3, -0.25) is 19.8 Å². The van der Waals surface area contributed by atoms with E-state index in [0.717, 1.165) is 12.1 Å². The first kappa shape index (κ1) is 28.0. The number of nitrogens with zero attached hydrogens (tertiary/aromatic N) is 2. The highest BCUT2D eigenvalue weighted by molar-refractivity contribution is 5.94. The Balaban J connectivity index is 1.85. The first-order valence-corrected chi connectivity index (χ1v) is 11.8. The van der Waals surface area contributed by atoms with Crippen LogP contribution in [0.4, 0.5) is 8.78 Å². The monoisotopic (exact) mass is 516 g/mol. The summed E-state index contributed by atoms with van der Waals surface area (Å²) in [5.41, 5.74) is 1.82. The molecule has 2 aromatic carbocycles. The smallest absolute Gasteiger partial charge is 0.271 e. The molecule has 5 N–H and O–H groups in total. The van der Waals surface area contributed by atoms with E-state index in [1.165, 1.54) is 12.3 Å². The molecule has 11 heteroatoms. The van der Waals surface area contributed by atoms with Gasteiger partial charge in [0.2, 0.25) is 5.91 Å². The molecule has 3 aromatic rings. The molecule has 3 rings (SSSR count). The summed E-state index contributed by atoms with van der Waals surface area (Å²) in [6.07, 6.45) is -0.0108. The number of hydrogen-bond acceptors (Lipinski definition) is 7. The Kier molecular flexibility index (Phi) is 9.19. The van der Waals surface area contributed by atoms with E-state index in [0.29, 0.717) is 16.6 Å². The molecule has 9 nitrogen and oxygen atoms in total. The quantitative estimate of drug-likeness (QED) is 0.195. The van der Waals surface area contributed by atoms with E-state index < -0.39 is 47.1 Å². The third kappa shape index (κ3) is 7.97. The van der Waals surface area contributed by atoms with Crippen molar-refractivity contribution in [2.45, 2.75) is 57.3 Å². The molecule has 0 fully saturated rings. The maximum absolute atomic E-state index is 13.8. The molecule has 0 aliphatic carbocycles. The van der Waals surface area contributed by atoms with Gasteiger partial charge in [-0.2, -0.15) is 0 Å². The number of amides is 2. The number of aromatic nitrogens is 2. The van der Waals surface area contributed by atoms with E-state index in [1.807, 2.05) is 0 Å². The number of nitrogens with one attached hydrogen (secondary N) is 2. The standard InChI is InChI=1S/C26H30F2N4O5/c1-26(2,36)10-9-16(24(34)32-37)13-23(33)21(12-15-7-8-17(27)18(28)11-15)31-25(35)22-14-29-19-5-3-4-6-20(19)30-22/h3-8,11,14,16,21,23,33,36-37H,9-10,12-13H2,1-2H3,(H,31,35)(H,32,34)/t16-,21+,23+/m1/s1. The van der Waals surface area contributed by atoms with Gasteiger partial charge in [-0.1, -0.05) is 18.2 Å². The van der Waals surface area contributed by atoms with Crippen LogP contribution in [0.3, 0.4) is 0 Å². The van der Waals surface area contributed by atoms with Gasteiger partial charge in [-0.15, -0.1) is 0 Å². The third-order valence-electron chi connectivity index (χ3n) is 6.01. The van der Waals surface area contributed by atoms with Crippen molar-refractivity contribution in [3.8, 4) is 0 Å². The fraction of sp³-hybridized carbons (Fsp3) is 0.385. The number of aliphatic hydroxyl groups is 2. The summed E-state index contributed by atoms with van der Waals surface area (Å²) in [5.74, 6) is -4.45. The molecule has 0 unspecified atom stereocenters. The molecule has 0 spiro atoms. The van der Waals surface area contributed by atoms with Crippen LogP contribution in [0.15, 0.2) is 48.7 Å². The van der Waals surface area contributed by atoms with Crippen LogP contribution in [0.2, 0.25) is 0 Å². The van der Waals surface area contributed by atoms with Crippen molar-refractivity contribution in [3.05, 3.63) is 71.6 Å². The molecule has 0 radical (unpaired) electrons. The molecule has 2 amide bonds. The maximum Gasteiger partial charge on any atom is 0.271 e. The predicted molar refractivity (Wildman–Crippen MR) is 130 cm³/mol. The Labute approximate surface area is 212 Å². The lowest BCUT2D eigenvalue weighted by molar-refractivity contribution is -0.135. The minimum Gasteiger partial charge on any atom is -0.391 e. The van der Waals surface area contributed by atoms with Crippen LogP contribution in [0.5, 0.6) is 0 Å². The van der Waals surface area contributed by atoms with Crippen molar-refractivity contribution in [2.24, 2.45) is 5.92 Å². The molecule has 0 saturated carbocycles. The average Bonchev–Trinajstić information content (AvgIpc) is 2.86. The first-order chi connectivity index (χ1) is 17.5. The third-order valence-corrected chi connectivity index (χ3v) is 6.01. The summed E-state index contributed by atoms with van der Waals surface area (Å²) in [4.78, 5) is 33.8. The van der Waals surface area contributed by atoms with Crippen LogP contribution in [-0.2, 0) is 11.2 Å². The number of aliphatic hydroxyl groups excluding tert-OH is 1. The Morgan fingerprint density at radius 2 is 1.78 bits per heavy atom. The van der Waals surface area contributed by atoms with Gasteiger partial charge in [0.15, 0.2) is 11.6 Å². The Hall–Kier alpha value is -3.54. The summed E-state index contributed by atoms with van der Waals surface area (Å²) >= 11 is 0. The summed E-state index contributed by atoms with van der Waals surface area (Å²) in [7, 11) is 0. The van der Waals surface area contributed by atoms with Crippen LogP contribution >= 0.6 is 0 Å². The largest absolute Gasteiger partial charge is 0.391 e. The number of carbonyl (C=O) groups excluding carboxylic acids is 2. The zero-order valence-corrected chi connectivity index (χ0v) is 20.5. The second-order valence-corrected chi connectivity index (χ2v) is 9.60. The minimum absolute atomic E-state index is 0.0205. The second-order valence-electron chi connectivity index (χ2n) is 9.60. The number of benzene rings is 2. The highest BCUT2D eigenvalue weighted by atomic mass is 19.2. The minimum atomic E-state index is -1.34. The van der Waals surface area contributed by atoms with Crippen LogP contribution < -0.4 is 10.8 Å². The van der Waals surface area contributed by atoms with Gasteiger partial charge >= 0.3 is 0 Å². The molecule has 0 saturated heterocycles. The molecule has 1 aromatic heterocycles. The first-order valence-electron chi connectivity index (χ1n) is 11.8. The number of hydroxylamine groups is 1. The number of carbonyl (C=O) groups is 2. The lowest BCUT2D eigenvalue weighted by Crippen LogP contribution is -2.47. The van der Waals surface area contributed by atoms with E-state index in [1.54, 1.807) is 43.6 Å². The molecule has 1 heterocycles. The van der Waals surface area contributed by atoms with Gasteiger partial charge in [0.05, 0.1) is 35.0 Å². The zero-order chi connectivity index (χ0) is 27.2. The lowest BCUT2D eigenvalue weighted by atomic mass is 9.87. The summed E-state index contributed by atoms with van der Waals surface area (Å²) < 4.78 is 27.3. The predicted octanol–water partition coefficient (Wildman–Crippen LogP) is 2.67. The number of fused-ring (bicyclic) bond motifs is 1. The van der Waals surface area contributed by atoms with Crippen LogP contribution in [-0.4, -0.2) is 54.9 Å². The molecule has 37 heavy (non-hydrogen) atoms. The van der Waals surface area contributed by atoms with Crippen molar-refractivity contribution >= 4 is 22.8 Å². The van der Waals surface area contributed by atoms with E-state index in [-0.39, 0.29) is 31.4 Å². The molecular weight excluding hydrogens is 486 g/mol. The second kappa shape index (κ2) is 12.1. The summed E-state index contributed by atoms with van der Waals surface area (Å²) in [6, 6.07) is 9.14. The van der Waals surface area contributed by atoms with Crippen molar-refractivity contribution in [2.75, 3.05) is 0 Å². The van der Waals surface area contributed by atoms with Gasteiger partial charge in [0.1, 0.15) is 5.69 Å². The van der Waals surface area contributed by atoms with Gasteiger partial charge < -0.3 is 15.5 Å². The lowest BCUT2D eigenvalue weighted by Gasteiger charge is -2.28. The van der Waals surface area contributed by atoms with E-state index in [2.05, 4.69) is 15.3 Å². The van der Waals surface area contributed by atoms with Crippen molar-refractivity contribution < 1.29 is 33.8 Å². The molecular formula is C26H30F2N4O5. The molecule has 198 valence electrons. The van der Waals surface area contributed by atoms with E-state index >= 15 is 0 Å². The van der Waals surface area contributed by atoms with Gasteiger partial charge in [-0.25, -0.2) is 19.2 Å². The Bertz CT molecular complexity index is 1250. The highest BCUT2D eigenvalue weighted by Gasteiger charge is 2.30. The van der Waals surface area contributed by atoms with Crippen molar-refractivity contribution in [1.29, 1.82) is 0 Å². The Morgan fingerprint density at radius 1 is 1.08 bits per heavy atom. The fourth-order valence-corrected chi connectivity index (χ4v) is 3.94. The summed E-state index contributed by atoms with van der Waals surface area (Å²) in [6.45, 7) is 3.13. The molecule has 0 aliphatic heterocycles. The van der Waals surface area contributed by atoms with Crippen molar-refractivity contribution in [3.63, 3.8) is 0 Å². The van der Waals surface area contributed by atoms with Gasteiger partial charge in [0.25, 0.3) is 5.91 Å². The SMILES string of the molecule is CC(C)(O)CC[C@H](C[C@H](O)[C@H](Cc1ccc(F)c(F)c1)NC(=O)c1cnc2ccccc2n1)C(=O)NO. The van der Waals surface area contributed by atoms with Gasteiger partial charge in [-0.05, 0) is 69.4 Å². The van der Waals surface area contributed by atoms with Crippen LogP contribution in [0.25, 0.3) is 11.0 Å². The zero-order valence-electron chi connectivity index (χ0n) is 20.5. The van der Waals surface area contributed by atoms with Crippen molar-refractivity contribution in [1.82, 2.24) is 20.8 Å². The van der Waals surface area contributed by atoms with E-state index in [9.17, 15) is 28.6 Å². The number of hydrogen-bond donors (Lipinski definition) is 5. The van der Waals surface area contributed by atoms with E-state index in [4.69, 9.17) is 5.21 Å². The number of halogens is 2. The summed E-state index contributed by atoms with van der Waals surface area (Å²) in [5, 5.41) is 32.9. The Morgan fingerprint density at radius 3 is 2.43 bits per heavy atom. The molecule has 0 aliphatic rings. The van der Waals surface area contributed by atoms with Crippen LogP contribution in [0, 0.1) is 17.6 Å².